The van der Waals surface area contributed by atoms with Gasteiger partial charge in [-0.05, 0) is 70.8 Å². The van der Waals surface area contributed by atoms with Crippen LogP contribution in [0.4, 0.5) is 0 Å². The van der Waals surface area contributed by atoms with Crippen LogP contribution in [0.1, 0.15) is 0 Å². The van der Waals surface area contributed by atoms with Gasteiger partial charge in [-0.3, -0.25) is 0 Å². The molecule has 0 saturated heterocycles. The molecule has 0 aliphatic rings. The SMILES string of the molecule is [B]c1c([B])c([B])c(-c2ccc(-c3nc(-c4ccccc4)nc(-c4ccc5oc6cc(-n7c8ccccc8c8cc(-c9ccccc9)ccc87)ccc6c5c4)n3)cc2)c([B])c1[B]. The van der Waals surface area contributed by atoms with Crippen LogP contribution in [0.5, 0.6) is 0 Å². The van der Waals surface area contributed by atoms with Crippen molar-refractivity contribution in [3.63, 3.8) is 0 Å². The Kier molecular flexibility index (Phi) is 8.71. The first-order valence-electron chi connectivity index (χ1n) is 19.8. The first-order valence-corrected chi connectivity index (χ1v) is 19.8. The normalized spacial score (nSPS) is 11.6. The molecular formula is C51H27B5N4O. The fourth-order valence-corrected chi connectivity index (χ4v) is 8.40. The number of rotatable bonds is 6. The minimum absolute atomic E-state index is 0.172. The lowest BCUT2D eigenvalue weighted by atomic mass is 9.59. The Bertz CT molecular complexity index is 3500. The summed E-state index contributed by atoms with van der Waals surface area (Å²) in [7, 11) is 31.2. The molecule has 11 rings (SSSR count). The Balaban J connectivity index is 1.00. The summed E-state index contributed by atoms with van der Waals surface area (Å²) in [5.41, 5.74) is 12.0. The zero-order valence-electron chi connectivity index (χ0n) is 32.7. The molecule has 272 valence electrons. The number of nitrogens with zero attached hydrogens (tertiary/aromatic N) is 4. The van der Waals surface area contributed by atoms with E-state index in [1.165, 1.54) is 21.9 Å². The second kappa shape index (κ2) is 14.5. The van der Waals surface area contributed by atoms with E-state index >= 15 is 0 Å². The van der Waals surface area contributed by atoms with Gasteiger partial charge in [0.15, 0.2) is 17.5 Å². The highest BCUT2D eigenvalue weighted by atomic mass is 16.3. The third kappa shape index (κ3) is 6.12. The van der Waals surface area contributed by atoms with Gasteiger partial charge < -0.3 is 8.98 Å². The van der Waals surface area contributed by atoms with Crippen molar-refractivity contribution >= 4 is 110 Å². The highest BCUT2D eigenvalue weighted by molar-refractivity contribution is 6.68. The summed E-state index contributed by atoms with van der Waals surface area (Å²) in [5.74, 6) is 1.56. The monoisotopic (exact) mass is 766 g/mol. The minimum Gasteiger partial charge on any atom is -0.456 e. The summed E-state index contributed by atoms with van der Waals surface area (Å²) in [4.78, 5) is 14.9. The molecule has 10 heteroatoms. The molecule has 0 spiro atoms. The van der Waals surface area contributed by atoms with Crippen LogP contribution in [0.25, 0.3) is 106 Å². The molecule has 0 aliphatic carbocycles. The molecule has 3 heterocycles. The second-order valence-electron chi connectivity index (χ2n) is 15.1. The number of para-hydroxylation sites is 1. The van der Waals surface area contributed by atoms with Crippen molar-refractivity contribution in [1.29, 1.82) is 0 Å². The Hall–Kier alpha value is -7.31. The van der Waals surface area contributed by atoms with E-state index in [0.717, 1.165) is 60.9 Å². The lowest BCUT2D eigenvalue weighted by molar-refractivity contribution is 0.668. The van der Waals surface area contributed by atoms with Crippen molar-refractivity contribution < 1.29 is 4.42 Å². The van der Waals surface area contributed by atoms with Gasteiger partial charge in [0.05, 0.1) is 11.0 Å². The lowest BCUT2D eigenvalue weighted by Crippen LogP contribution is -2.55. The van der Waals surface area contributed by atoms with E-state index < -0.39 is 0 Å². The van der Waals surface area contributed by atoms with Crippen molar-refractivity contribution in [1.82, 2.24) is 19.5 Å². The number of furan rings is 1. The van der Waals surface area contributed by atoms with Crippen molar-refractivity contribution in [3.05, 3.63) is 164 Å². The van der Waals surface area contributed by atoms with E-state index in [9.17, 15) is 0 Å². The number of benzene rings is 8. The maximum atomic E-state index is 6.55. The summed E-state index contributed by atoms with van der Waals surface area (Å²) in [6.07, 6.45) is 0. The average Bonchev–Trinajstić information content (AvgIpc) is 3.85. The van der Waals surface area contributed by atoms with E-state index in [4.69, 9.17) is 58.6 Å². The van der Waals surface area contributed by atoms with Crippen molar-refractivity contribution in [2.45, 2.75) is 0 Å². The predicted octanol–water partition coefficient (Wildman–Crippen LogP) is 7.17. The number of fused-ring (bicyclic) bond motifs is 6. The third-order valence-electron chi connectivity index (χ3n) is 11.5. The van der Waals surface area contributed by atoms with Gasteiger partial charge >= 0.3 is 0 Å². The van der Waals surface area contributed by atoms with E-state index in [-0.39, 0.29) is 27.3 Å². The predicted molar refractivity (Wildman–Crippen MR) is 256 cm³/mol. The molecule has 11 aromatic rings. The fourth-order valence-electron chi connectivity index (χ4n) is 8.40. The van der Waals surface area contributed by atoms with E-state index in [0.29, 0.717) is 23.0 Å². The molecule has 0 atom stereocenters. The summed E-state index contributed by atoms with van der Waals surface area (Å²) >= 11 is 0. The summed E-state index contributed by atoms with van der Waals surface area (Å²) in [5, 5.41) is 4.33. The average molecular weight is 766 g/mol. The Labute approximate surface area is 358 Å². The van der Waals surface area contributed by atoms with E-state index in [1.807, 2.05) is 72.8 Å². The minimum atomic E-state index is 0.172. The van der Waals surface area contributed by atoms with Gasteiger partial charge in [-0.15, -0.1) is 16.4 Å². The van der Waals surface area contributed by atoms with Crippen LogP contribution in [0.3, 0.4) is 0 Å². The maximum Gasteiger partial charge on any atom is 0.164 e. The standard InChI is InChI=1S/C51H27B5N4O/c52-44-43(45(53)47(55)48(56)46(44)54)29-15-17-31(18-16-29)50-57-49(30-11-5-2-6-12-30)58-51(59-50)33-20-24-41-38(26-33)36-22-21-34(27-42(36)61-41)60-39-14-8-7-13-35(39)37-25-32(19-23-40(37)60)28-9-3-1-4-10-28/h1-27H. The molecule has 0 saturated carbocycles. The first kappa shape index (κ1) is 36.8. The largest absolute Gasteiger partial charge is 0.456 e. The zero-order chi connectivity index (χ0) is 41.4. The van der Waals surface area contributed by atoms with E-state index in [2.05, 4.69) is 95.6 Å². The highest BCUT2D eigenvalue weighted by Crippen LogP contribution is 2.38. The summed E-state index contributed by atoms with van der Waals surface area (Å²) in [6, 6.07) is 55.7. The molecule has 8 aromatic carbocycles. The molecule has 0 amide bonds. The van der Waals surface area contributed by atoms with Crippen molar-refractivity contribution in [2.75, 3.05) is 0 Å². The second-order valence-corrected chi connectivity index (χ2v) is 15.1. The van der Waals surface area contributed by atoms with E-state index in [1.54, 1.807) is 0 Å². The number of aromatic nitrogens is 4. The van der Waals surface area contributed by atoms with Gasteiger partial charge in [0.1, 0.15) is 50.4 Å². The Morgan fingerprint density at radius 2 is 0.869 bits per heavy atom. The van der Waals surface area contributed by atoms with Gasteiger partial charge in [-0.25, -0.2) is 15.0 Å². The molecule has 61 heavy (non-hydrogen) atoms. The van der Waals surface area contributed by atoms with Crippen LogP contribution in [0.2, 0.25) is 0 Å². The Morgan fingerprint density at radius 3 is 1.57 bits per heavy atom. The molecule has 0 N–H and O–H groups in total. The maximum absolute atomic E-state index is 6.55. The molecule has 5 nitrogen and oxygen atoms in total. The molecule has 0 fully saturated rings. The Morgan fingerprint density at radius 1 is 0.344 bits per heavy atom. The molecule has 0 bridgehead atoms. The zero-order valence-corrected chi connectivity index (χ0v) is 32.7. The number of hydrogen-bond acceptors (Lipinski definition) is 4. The quantitative estimate of drug-likeness (QED) is 0.169. The first-order chi connectivity index (χ1) is 29.8. The number of hydrogen-bond donors (Lipinski definition) is 0. The molecule has 10 radical (unpaired) electrons. The van der Waals surface area contributed by atoms with Gasteiger partial charge in [-0.1, -0.05) is 120 Å². The van der Waals surface area contributed by atoms with Crippen molar-refractivity contribution in [2.24, 2.45) is 0 Å². The van der Waals surface area contributed by atoms with Crippen LogP contribution in [-0.2, 0) is 0 Å². The molecule has 0 aliphatic heterocycles. The van der Waals surface area contributed by atoms with Gasteiger partial charge in [0, 0.05) is 50.0 Å². The van der Waals surface area contributed by atoms with Gasteiger partial charge in [-0.2, -0.15) is 0 Å². The topological polar surface area (TPSA) is 56.7 Å². The molecule has 0 unspecified atom stereocenters. The smallest absolute Gasteiger partial charge is 0.164 e. The fraction of sp³-hybridized carbons (Fsp3) is 0. The van der Waals surface area contributed by atoms with Gasteiger partial charge in [0.25, 0.3) is 0 Å². The van der Waals surface area contributed by atoms with Crippen molar-refractivity contribution in [3.8, 4) is 62.1 Å². The summed E-state index contributed by atoms with van der Waals surface area (Å²) < 4.78 is 8.86. The molecule has 3 aromatic heterocycles. The van der Waals surface area contributed by atoms with Crippen LogP contribution in [0.15, 0.2) is 168 Å². The van der Waals surface area contributed by atoms with Gasteiger partial charge in [0.2, 0.25) is 0 Å². The van der Waals surface area contributed by atoms with Crippen LogP contribution < -0.4 is 27.3 Å². The lowest BCUT2D eigenvalue weighted by Gasteiger charge is -2.21. The van der Waals surface area contributed by atoms with Crippen LogP contribution >= 0.6 is 0 Å². The summed E-state index contributed by atoms with van der Waals surface area (Å²) in [6.45, 7) is 0. The highest BCUT2D eigenvalue weighted by Gasteiger charge is 2.19. The van der Waals surface area contributed by atoms with Crippen LogP contribution in [-0.4, -0.2) is 58.8 Å². The molecular weight excluding hydrogens is 739 g/mol. The van der Waals surface area contributed by atoms with Crippen LogP contribution in [0, 0.1) is 0 Å². The third-order valence-corrected chi connectivity index (χ3v) is 11.5.